The van der Waals surface area contributed by atoms with Gasteiger partial charge in [0.15, 0.2) is 6.29 Å². The van der Waals surface area contributed by atoms with Gasteiger partial charge in [-0.25, -0.2) is 10.9 Å². The van der Waals surface area contributed by atoms with E-state index < -0.39 is 0 Å². The molecule has 0 aliphatic carbocycles. The molecule has 2 aromatic rings. The molecular weight excluding hydrogens is 292 g/mol. The molecule has 0 amide bonds. The van der Waals surface area contributed by atoms with E-state index in [4.69, 9.17) is 9.47 Å². The summed E-state index contributed by atoms with van der Waals surface area (Å²) >= 11 is 0. The highest BCUT2D eigenvalue weighted by molar-refractivity contribution is 5.68. The fourth-order valence-electron chi connectivity index (χ4n) is 2.92. The van der Waals surface area contributed by atoms with Gasteiger partial charge in [0.1, 0.15) is 6.17 Å². The first kappa shape index (κ1) is 14.8. The van der Waals surface area contributed by atoms with E-state index in [-0.39, 0.29) is 12.5 Å². The SMILES string of the molecule is c1ccc(C2NNNN2)c(-c2ccc(C3OCCCO3)cc2)c1. The van der Waals surface area contributed by atoms with Crippen molar-refractivity contribution in [3.05, 3.63) is 59.7 Å². The Morgan fingerprint density at radius 3 is 2.26 bits per heavy atom. The Morgan fingerprint density at radius 1 is 0.826 bits per heavy atom. The zero-order valence-electron chi connectivity index (χ0n) is 12.7. The molecule has 0 atom stereocenters. The van der Waals surface area contributed by atoms with Gasteiger partial charge < -0.3 is 9.47 Å². The highest BCUT2D eigenvalue weighted by Crippen LogP contribution is 2.30. The van der Waals surface area contributed by atoms with Gasteiger partial charge in [0.2, 0.25) is 0 Å². The van der Waals surface area contributed by atoms with Crippen molar-refractivity contribution in [1.82, 2.24) is 21.9 Å². The van der Waals surface area contributed by atoms with Crippen molar-refractivity contribution in [1.29, 1.82) is 0 Å². The summed E-state index contributed by atoms with van der Waals surface area (Å²) in [4.78, 5) is 0. The molecule has 4 N–H and O–H groups in total. The number of ether oxygens (including phenoxy) is 2. The van der Waals surface area contributed by atoms with E-state index in [0.717, 1.165) is 30.8 Å². The van der Waals surface area contributed by atoms with E-state index in [2.05, 4.69) is 64.4 Å². The largest absolute Gasteiger partial charge is 0.348 e. The Hall–Kier alpha value is -1.80. The summed E-state index contributed by atoms with van der Waals surface area (Å²) < 4.78 is 11.3. The standard InChI is InChI=1S/C17H20N4O2/c1-2-5-15(16-18-20-21-19-16)14(4-1)12-6-8-13(9-7-12)17-22-10-3-11-23-17/h1-2,4-9,16-21H,3,10-11H2. The van der Waals surface area contributed by atoms with Crippen LogP contribution in [0.3, 0.4) is 0 Å². The molecule has 6 nitrogen and oxygen atoms in total. The van der Waals surface area contributed by atoms with Gasteiger partial charge >= 0.3 is 0 Å². The van der Waals surface area contributed by atoms with Crippen LogP contribution in [0.15, 0.2) is 48.5 Å². The van der Waals surface area contributed by atoms with E-state index in [9.17, 15) is 0 Å². The van der Waals surface area contributed by atoms with E-state index in [1.807, 2.05) is 6.07 Å². The van der Waals surface area contributed by atoms with E-state index in [1.165, 1.54) is 11.1 Å². The topological polar surface area (TPSA) is 66.6 Å². The van der Waals surface area contributed by atoms with Gasteiger partial charge in [-0.05, 0) is 23.1 Å². The fourth-order valence-corrected chi connectivity index (χ4v) is 2.92. The normalized spacial score (nSPS) is 20.0. The molecule has 4 rings (SSSR count). The number of hydrogen-bond donors (Lipinski definition) is 4. The first-order valence-electron chi connectivity index (χ1n) is 7.85. The number of nitrogens with one attached hydrogen (secondary N) is 4. The van der Waals surface area contributed by atoms with Crippen molar-refractivity contribution >= 4 is 0 Å². The first-order chi connectivity index (χ1) is 11.4. The van der Waals surface area contributed by atoms with Gasteiger partial charge in [0, 0.05) is 5.56 Å². The van der Waals surface area contributed by atoms with Crippen molar-refractivity contribution in [2.75, 3.05) is 13.2 Å². The average molecular weight is 312 g/mol. The molecule has 0 bridgehead atoms. The number of hydrogen-bond acceptors (Lipinski definition) is 6. The van der Waals surface area contributed by atoms with Crippen molar-refractivity contribution in [2.24, 2.45) is 0 Å². The molecule has 0 spiro atoms. The van der Waals surface area contributed by atoms with Crippen molar-refractivity contribution < 1.29 is 9.47 Å². The minimum Gasteiger partial charge on any atom is -0.348 e. The van der Waals surface area contributed by atoms with E-state index in [1.54, 1.807) is 0 Å². The Labute approximate surface area is 135 Å². The number of hydrazine groups is 3. The minimum atomic E-state index is -0.236. The van der Waals surface area contributed by atoms with Crippen LogP contribution in [0.1, 0.15) is 30.0 Å². The van der Waals surface area contributed by atoms with Gasteiger partial charge in [-0.1, -0.05) is 48.5 Å². The molecule has 23 heavy (non-hydrogen) atoms. The monoisotopic (exact) mass is 312 g/mol. The van der Waals surface area contributed by atoms with Crippen LogP contribution in [-0.2, 0) is 9.47 Å². The summed E-state index contributed by atoms with van der Waals surface area (Å²) in [6.07, 6.45) is 0.737. The maximum absolute atomic E-state index is 5.66. The second-order valence-electron chi connectivity index (χ2n) is 5.61. The van der Waals surface area contributed by atoms with Crippen LogP contribution in [-0.4, -0.2) is 13.2 Å². The lowest BCUT2D eigenvalue weighted by Crippen LogP contribution is -2.33. The molecule has 6 heteroatoms. The van der Waals surface area contributed by atoms with Crippen molar-refractivity contribution in [3.8, 4) is 11.1 Å². The average Bonchev–Trinajstić information content (AvgIpc) is 3.17. The third kappa shape index (κ3) is 3.13. The second kappa shape index (κ2) is 6.76. The molecule has 2 aromatic carbocycles. The summed E-state index contributed by atoms with van der Waals surface area (Å²) in [6.45, 7) is 1.52. The minimum absolute atomic E-state index is 0.0101. The molecule has 2 fully saturated rings. The Kier molecular flexibility index (Phi) is 4.34. The summed E-state index contributed by atoms with van der Waals surface area (Å²) in [5, 5.41) is 0. The van der Waals surface area contributed by atoms with Crippen molar-refractivity contribution in [2.45, 2.75) is 18.9 Å². The molecule has 120 valence electrons. The molecule has 2 aliphatic rings. The molecular formula is C17H20N4O2. The third-order valence-corrected chi connectivity index (χ3v) is 4.09. The molecule has 2 saturated heterocycles. The summed E-state index contributed by atoms with van der Waals surface area (Å²) in [6, 6.07) is 16.7. The fraction of sp³-hybridized carbons (Fsp3) is 0.294. The molecule has 2 aliphatic heterocycles. The predicted octanol–water partition coefficient (Wildman–Crippen LogP) is 1.90. The van der Waals surface area contributed by atoms with Gasteiger partial charge in [0.25, 0.3) is 0 Å². The van der Waals surface area contributed by atoms with Crippen molar-refractivity contribution in [3.63, 3.8) is 0 Å². The van der Waals surface area contributed by atoms with Crippen LogP contribution in [0, 0.1) is 0 Å². The maximum atomic E-state index is 5.66. The predicted molar refractivity (Wildman–Crippen MR) is 86.4 cm³/mol. The van der Waals surface area contributed by atoms with Crippen LogP contribution in [0.25, 0.3) is 11.1 Å². The Bertz CT molecular complexity index is 650. The zero-order chi connectivity index (χ0) is 15.5. The first-order valence-corrected chi connectivity index (χ1v) is 7.85. The number of benzene rings is 2. The highest BCUT2D eigenvalue weighted by Gasteiger charge is 2.20. The van der Waals surface area contributed by atoms with Gasteiger partial charge in [0.05, 0.1) is 13.2 Å². The lowest BCUT2D eigenvalue weighted by molar-refractivity contribution is -0.183. The summed E-state index contributed by atoms with van der Waals surface area (Å²) in [5.74, 6) is 0. The maximum Gasteiger partial charge on any atom is 0.183 e. The smallest absolute Gasteiger partial charge is 0.183 e. The van der Waals surface area contributed by atoms with Gasteiger partial charge in [-0.15, -0.1) is 0 Å². The van der Waals surface area contributed by atoms with Crippen LogP contribution < -0.4 is 21.9 Å². The molecule has 0 unspecified atom stereocenters. The summed E-state index contributed by atoms with van der Waals surface area (Å²) in [7, 11) is 0. The quantitative estimate of drug-likeness (QED) is 0.694. The van der Waals surface area contributed by atoms with E-state index >= 15 is 0 Å². The highest BCUT2D eigenvalue weighted by atomic mass is 16.7. The van der Waals surface area contributed by atoms with Gasteiger partial charge in [-0.2, -0.15) is 11.1 Å². The van der Waals surface area contributed by atoms with Crippen LogP contribution in [0.2, 0.25) is 0 Å². The Balaban J connectivity index is 1.60. The molecule has 2 heterocycles. The molecule has 0 aromatic heterocycles. The molecule has 0 saturated carbocycles. The Morgan fingerprint density at radius 2 is 1.52 bits per heavy atom. The molecule has 0 radical (unpaired) electrons. The lowest BCUT2D eigenvalue weighted by Gasteiger charge is -2.23. The summed E-state index contributed by atoms with van der Waals surface area (Å²) in [5.41, 5.74) is 16.6. The second-order valence-corrected chi connectivity index (χ2v) is 5.61. The van der Waals surface area contributed by atoms with Crippen LogP contribution in [0.4, 0.5) is 0 Å². The van der Waals surface area contributed by atoms with Crippen LogP contribution >= 0.6 is 0 Å². The van der Waals surface area contributed by atoms with Gasteiger partial charge in [-0.3, -0.25) is 0 Å². The zero-order valence-corrected chi connectivity index (χ0v) is 12.7. The lowest BCUT2D eigenvalue weighted by atomic mass is 9.97. The van der Waals surface area contributed by atoms with E-state index in [0.29, 0.717) is 0 Å². The number of rotatable bonds is 3. The third-order valence-electron chi connectivity index (χ3n) is 4.09. The van der Waals surface area contributed by atoms with Crippen LogP contribution in [0.5, 0.6) is 0 Å².